The van der Waals surface area contributed by atoms with Gasteiger partial charge in [0.2, 0.25) is 0 Å². The number of carbonyl (C=O) groups is 1. The Kier molecular flexibility index (Phi) is 3.57. The number of anilines is 2. The van der Waals surface area contributed by atoms with Gasteiger partial charge in [-0.05, 0) is 46.3 Å². The molecule has 2 aromatic rings. The van der Waals surface area contributed by atoms with Crippen LogP contribution in [-0.2, 0) is 0 Å². The maximum absolute atomic E-state index is 13.3. The zero-order valence-corrected chi connectivity index (χ0v) is 10.7. The topological polar surface area (TPSA) is 68.0 Å². The van der Waals surface area contributed by atoms with E-state index in [9.17, 15) is 9.18 Å². The van der Waals surface area contributed by atoms with E-state index in [0.29, 0.717) is 16.0 Å². The third kappa shape index (κ3) is 2.84. The van der Waals surface area contributed by atoms with Crippen molar-refractivity contribution in [2.24, 2.45) is 0 Å². The van der Waals surface area contributed by atoms with Gasteiger partial charge in [0.05, 0.1) is 16.4 Å². The fourth-order valence-electron chi connectivity index (χ4n) is 1.31. The minimum absolute atomic E-state index is 0.217. The van der Waals surface area contributed by atoms with Crippen molar-refractivity contribution in [2.75, 3.05) is 11.1 Å². The van der Waals surface area contributed by atoms with Crippen molar-refractivity contribution >= 4 is 33.3 Å². The zero-order chi connectivity index (χ0) is 13.1. The van der Waals surface area contributed by atoms with Gasteiger partial charge in [-0.3, -0.25) is 4.79 Å². The Bertz CT molecular complexity index is 586. The fraction of sp³-hybridized carbons (Fsp3) is 0. The number of halogens is 2. The number of benzene rings is 1. The van der Waals surface area contributed by atoms with Crippen LogP contribution in [0, 0.1) is 5.82 Å². The van der Waals surface area contributed by atoms with Crippen molar-refractivity contribution in [3.8, 4) is 0 Å². The lowest BCUT2D eigenvalue weighted by molar-refractivity contribution is 0.102. The summed E-state index contributed by atoms with van der Waals surface area (Å²) in [7, 11) is 0. The highest BCUT2D eigenvalue weighted by atomic mass is 79.9. The summed E-state index contributed by atoms with van der Waals surface area (Å²) in [6.45, 7) is 0. The molecule has 1 aromatic heterocycles. The molecule has 6 heteroatoms. The van der Waals surface area contributed by atoms with Crippen molar-refractivity contribution < 1.29 is 9.18 Å². The lowest BCUT2D eigenvalue weighted by atomic mass is 10.2. The Morgan fingerprint density at radius 3 is 2.72 bits per heavy atom. The van der Waals surface area contributed by atoms with E-state index in [1.54, 1.807) is 12.1 Å². The summed E-state index contributed by atoms with van der Waals surface area (Å²) < 4.78 is 13.6. The number of nitrogen functional groups attached to an aromatic ring is 1. The molecule has 1 amide bonds. The van der Waals surface area contributed by atoms with Crippen LogP contribution in [0.15, 0.2) is 41.0 Å². The molecule has 0 aliphatic heterocycles. The summed E-state index contributed by atoms with van der Waals surface area (Å²) in [5, 5.41) is 2.54. The molecule has 0 aliphatic rings. The van der Waals surface area contributed by atoms with E-state index >= 15 is 0 Å². The van der Waals surface area contributed by atoms with Gasteiger partial charge in [-0.1, -0.05) is 0 Å². The van der Waals surface area contributed by atoms with E-state index in [-0.39, 0.29) is 5.56 Å². The Balaban J connectivity index is 2.16. The summed E-state index contributed by atoms with van der Waals surface area (Å²) in [6.07, 6.45) is 1.43. The van der Waals surface area contributed by atoms with Crippen molar-refractivity contribution in [3.63, 3.8) is 0 Å². The monoisotopic (exact) mass is 309 g/mol. The molecule has 0 saturated heterocycles. The first-order valence-electron chi connectivity index (χ1n) is 5.04. The Morgan fingerprint density at radius 2 is 2.11 bits per heavy atom. The largest absolute Gasteiger partial charge is 0.397 e. The Labute approximate surface area is 111 Å². The minimum Gasteiger partial charge on any atom is -0.397 e. The molecule has 92 valence electrons. The van der Waals surface area contributed by atoms with Crippen molar-refractivity contribution in [1.29, 1.82) is 0 Å². The van der Waals surface area contributed by atoms with Crippen molar-refractivity contribution in [1.82, 2.24) is 4.98 Å². The molecule has 1 aromatic carbocycles. The number of nitrogens with one attached hydrogen (secondary N) is 1. The van der Waals surface area contributed by atoms with E-state index in [0.717, 1.165) is 6.07 Å². The number of hydrogen-bond acceptors (Lipinski definition) is 3. The number of amides is 1. The first-order chi connectivity index (χ1) is 8.56. The first-order valence-corrected chi connectivity index (χ1v) is 5.83. The number of rotatable bonds is 2. The highest BCUT2D eigenvalue weighted by Gasteiger charge is 2.09. The lowest BCUT2D eigenvalue weighted by Crippen LogP contribution is -2.13. The predicted molar refractivity (Wildman–Crippen MR) is 70.7 cm³/mol. The van der Waals surface area contributed by atoms with Crippen LogP contribution < -0.4 is 11.1 Å². The van der Waals surface area contributed by atoms with E-state index in [1.807, 2.05) is 0 Å². The van der Waals surface area contributed by atoms with E-state index < -0.39 is 11.7 Å². The smallest absolute Gasteiger partial charge is 0.256 e. The molecule has 2 rings (SSSR count). The molecule has 0 radical (unpaired) electrons. The average Bonchev–Trinajstić information content (AvgIpc) is 2.35. The summed E-state index contributed by atoms with van der Waals surface area (Å²) in [5.74, 6) is -0.566. The molecule has 0 unspecified atom stereocenters. The van der Waals surface area contributed by atoms with Crippen LogP contribution in [-0.4, -0.2) is 10.9 Å². The SMILES string of the molecule is Nc1ccc(NC(=O)c2ccc(Br)c(F)c2)nc1. The number of carbonyl (C=O) groups excluding carboxylic acids is 1. The van der Waals surface area contributed by atoms with Crippen LogP contribution in [0.25, 0.3) is 0 Å². The van der Waals surface area contributed by atoms with Crippen molar-refractivity contribution in [2.45, 2.75) is 0 Å². The molecule has 0 bridgehead atoms. The normalized spacial score (nSPS) is 10.1. The maximum atomic E-state index is 13.3. The van der Waals surface area contributed by atoms with Gasteiger partial charge in [-0.15, -0.1) is 0 Å². The quantitative estimate of drug-likeness (QED) is 0.896. The number of nitrogens with two attached hydrogens (primary N) is 1. The van der Waals surface area contributed by atoms with Gasteiger partial charge in [0.15, 0.2) is 0 Å². The molecule has 3 N–H and O–H groups in total. The van der Waals surface area contributed by atoms with Crippen molar-refractivity contribution in [3.05, 3.63) is 52.4 Å². The molecule has 0 fully saturated rings. The summed E-state index contributed by atoms with van der Waals surface area (Å²) in [4.78, 5) is 15.7. The number of hydrogen-bond donors (Lipinski definition) is 2. The average molecular weight is 310 g/mol. The molecular formula is C12H9BrFN3O. The van der Waals surface area contributed by atoms with E-state index in [4.69, 9.17) is 5.73 Å². The van der Waals surface area contributed by atoms with Gasteiger partial charge in [0.1, 0.15) is 11.6 Å². The molecule has 0 spiro atoms. The Morgan fingerprint density at radius 1 is 1.33 bits per heavy atom. The van der Waals surface area contributed by atoms with Gasteiger partial charge in [-0.25, -0.2) is 9.37 Å². The maximum Gasteiger partial charge on any atom is 0.256 e. The molecule has 1 heterocycles. The van der Waals surface area contributed by atoms with Gasteiger partial charge in [0, 0.05) is 5.56 Å². The standard InChI is InChI=1S/C12H9BrFN3O/c13-9-3-1-7(5-10(9)14)12(18)17-11-4-2-8(15)6-16-11/h1-6H,15H2,(H,16,17,18). The van der Waals surface area contributed by atoms with Gasteiger partial charge >= 0.3 is 0 Å². The molecule has 0 atom stereocenters. The van der Waals surface area contributed by atoms with Crippen LogP contribution in [0.2, 0.25) is 0 Å². The van der Waals surface area contributed by atoms with Crippen LogP contribution in [0.4, 0.5) is 15.9 Å². The fourth-order valence-corrected chi connectivity index (χ4v) is 1.55. The number of pyridine rings is 1. The van der Waals surface area contributed by atoms with Crippen LogP contribution >= 0.6 is 15.9 Å². The van der Waals surface area contributed by atoms with Gasteiger partial charge in [-0.2, -0.15) is 0 Å². The van der Waals surface area contributed by atoms with Crippen LogP contribution in [0.1, 0.15) is 10.4 Å². The predicted octanol–water partition coefficient (Wildman–Crippen LogP) is 2.82. The van der Waals surface area contributed by atoms with E-state index in [2.05, 4.69) is 26.2 Å². The van der Waals surface area contributed by atoms with Gasteiger partial charge in [0.25, 0.3) is 5.91 Å². The molecule has 0 saturated carbocycles. The molecule has 4 nitrogen and oxygen atoms in total. The Hall–Kier alpha value is -1.95. The molecule has 18 heavy (non-hydrogen) atoms. The second-order valence-corrected chi connectivity index (χ2v) is 4.41. The second kappa shape index (κ2) is 5.14. The summed E-state index contributed by atoms with van der Waals surface area (Å²) in [6, 6.07) is 7.32. The zero-order valence-electron chi connectivity index (χ0n) is 9.15. The second-order valence-electron chi connectivity index (χ2n) is 3.56. The van der Waals surface area contributed by atoms with Crippen LogP contribution in [0.5, 0.6) is 0 Å². The molecule has 0 aliphatic carbocycles. The van der Waals surface area contributed by atoms with Crippen LogP contribution in [0.3, 0.4) is 0 Å². The van der Waals surface area contributed by atoms with E-state index in [1.165, 1.54) is 18.3 Å². The van der Waals surface area contributed by atoms with Gasteiger partial charge < -0.3 is 11.1 Å². The lowest BCUT2D eigenvalue weighted by Gasteiger charge is -2.05. The summed E-state index contributed by atoms with van der Waals surface area (Å²) in [5.41, 5.74) is 6.19. The number of nitrogens with zero attached hydrogens (tertiary/aromatic N) is 1. The highest BCUT2D eigenvalue weighted by Crippen LogP contribution is 2.17. The first kappa shape index (κ1) is 12.5. The number of aromatic nitrogens is 1. The minimum atomic E-state index is -0.493. The third-order valence-electron chi connectivity index (χ3n) is 2.21. The summed E-state index contributed by atoms with van der Waals surface area (Å²) >= 11 is 3.02. The third-order valence-corrected chi connectivity index (χ3v) is 2.85. The molecular weight excluding hydrogens is 301 g/mol. The highest BCUT2D eigenvalue weighted by molar-refractivity contribution is 9.10.